The van der Waals surface area contributed by atoms with Crippen molar-refractivity contribution in [2.75, 3.05) is 39.5 Å². The van der Waals surface area contributed by atoms with Gasteiger partial charge in [0.1, 0.15) is 0 Å². The summed E-state index contributed by atoms with van der Waals surface area (Å²) < 4.78 is 37.2. The molecule has 0 atom stereocenters. The Labute approximate surface area is 159 Å². The Balaban J connectivity index is 2.09. The number of amides is 1. The first kappa shape index (κ1) is 21.3. The van der Waals surface area contributed by atoms with Crippen molar-refractivity contribution in [3.63, 3.8) is 0 Å². The van der Waals surface area contributed by atoms with Crippen LogP contribution < -0.4 is 5.32 Å². The molecule has 1 fully saturated rings. The quantitative estimate of drug-likeness (QED) is 0.686. The van der Waals surface area contributed by atoms with Gasteiger partial charge in [0.05, 0.1) is 23.7 Å². The summed E-state index contributed by atoms with van der Waals surface area (Å²) in [6.45, 7) is 6.87. The van der Waals surface area contributed by atoms with Crippen LogP contribution in [0.5, 0.6) is 0 Å². The average Bonchev–Trinajstić information content (AvgIpc) is 2.65. The van der Waals surface area contributed by atoms with Gasteiger partial charge in [0.2, 0.25) is 10.0 Å². The van der Waals surface area contributed by atoms with Gasteiger partial charge < -0.3 is 14.8 Å². The van der Waals surface area contributed by atoms with Crippen LogP contribution in [0.15, 0.2) is 23.1 Å². The third kappa shape index (κ3) is 5.75. The molecule has 1 aliphatic rings. The van der Waals surface area contributed by atoms with Crippen molar-refractivity contribution in [2.24, 2.45) is 5.92 Å². The third-order valence-electron chi connectivity index (χ3n) is 4.05. The highest BCUT2D eigenvalue weighted by Crippen LogP contribution is 2.22. The number of carbonyl (C=O) groups excluding carboxylic acids is 2. The molecule has 8 nitrogen and oxygen atoms in total. The monoisotopic (exact) mass is 398 g/mol. The molecule has 9 heteroatoms. The molecule has 0 unspecified atom stereocenters. The summed E-state index contributed by atoms with van der Waals surface area (Å²) in [5.41, 5.74) is 0.622. The Morgan fingerprint density at radius 1 is 1.26 bits per heavy atom. The van der Waals surface area contributed by atoms with Gasteiger partial charge in [0.25, 0.3) is 5.91 Å². The molecule has 2 rings (SSSR count). The first-order chi connectivity index (χ1) is 12.7. The molecule has 1 aliphatic heterocycles. The van der Waals surface area contributed by atoms with Crippen LogP contribution in [-0.2, 0) is 24.3 Å². The van der Waals surface area contributed by atoms with Crippen molar-refractivity contribution in [3.8, 4) is 0 Å². The average molecular weight is 398 g/mol. The van der Waals surface area contributed by atoms with Gasteiger partial charge in [0.15, 0.2) is 6.61 Å². The predicted molar refractivity (Wildman–Crippen MR) is 98.9 cm³/mol. The molecule has 1 amide bonds. The molecule has 1 aromatic carbocycles. The summed E-state index contributed by atoms with van der Waals surface area (Å²) in [4.78, 5) is 23.9. The van der Waals surface area contributed by atoms with Gasteiger partial charge >= 0.3 is 5.97 Å². The number of nitrogens with zero attached hydrogens (tertiary/aromatic N) is 1. The molecule has 0 spiro atoms. The largest absolute Gasteiger partial charge is 0.452 e. The number of hydrogen-bond donors (Lipinski definition) is 1. The smallest absolute Gasteiger partial charge is 0.338 e. The van der Waals surface area contributed by atoms with Gasteiger partial charge in [0, 0.05) is 19.6 Å². The fourth-order valence-electron chi connectivity index (χ4n) is 2.51. The maximum Gasteiger partial charge on any atom is 0.338 e. The van der Waals surface area contributed by atoms with Gasteiger partial charge in [-0.25, -0.2) is 13.2 Å². The van der Waals surface area contributed by atoms with Gasteiger partial charge in [-0.1, -0.05) is 19.9 Å². The number of morpholine rings is 1. The molecule has 0 aromatic heterocycles. The highest BCUT2D eigenvalue weighted by Gasteiger charge is 2.28. The van der Waals surface area contributed by atoms with E-state index in [-0.39, 0.29) is 29.5 Å². The van der Waals surface area contributed by atoms with Crippen molar-refractivity contribution < 1.29 is 27.5 Å². The van der Waals surface area contributed by atoms with E-state index in [0.717, 1.165) is 0 Å². The predicted octanol–water partition coefficient (Wildman–Crippen LogP) is 0.945. The summed E-state index contributed by atoms with van der Waals surface area (Å²) in [6.07, 6.45) is 0. The first-order valence-electron chi connectivity index (χ1n) is 8.84. The van der Waals surface area contributed by atoms with Crippen LogP contribution >= 0.6 is 0 Å². The van der Waals surface area contributed by atoms with Crippen LogP contribution in [0.3, 0.4) is 0 Å². The minimum atomic E-state index is -3.73. The second-order valence-corrected chi connectivity index (χ2v) is 8.68. The fraction of sp³-hybridized carbons (Fsp3) is 0.556. The molecule has 1 N–H and O–H groups in total. The van der Waals surface area contributed by atoms with E-state index in [1.807, 2.05) is 13.8 Å². The third-order valence-corrected chi connectivity index (χ3v) is 6.09. The number of esters is 1. The van der Waals surface area contributed by atoms with E-state index in [4.69, 9.17) is 9.47 Å². The van der Waals surface area contributed by atoms with Crippen LogP contribution in [0.1, 0.15) is 29.8 Å². The summed E-state index contributed by atoms with van der Waals surface area (Å²) in [6, 6.07) is 4.35. The minimum Gasteiger partial charge on any atom is -0.452 e. The van der Waals surface area contributed by atoms with Gasteiger partial charge in [-0.3, -0.25) is 4.79 Å². The number of ether oxygens (including phenoxy) is 2. The normalized spacial score (nSPS) is 15.6. The summed E-state index contributed by atoms with van der Waals surface area (Å²) in [7, 11) is -3.73. The maximum absolute atomic E-state index is 12.9. The van der Waals surface area contributed by atoms with Crippen LogP contribution in [-0.4, -0.2) is 64.1 Å². The Bertz CT molecular complexity index is 785. The molecule has 1 saturated heterocycles. The number of aryl methyl sites for hydroxylation is 1. The molecule has 0 radical (unpaired) electrons. The SMILES string of the molecule is Cc1ccc(C(=O)OCC(=O)NCC(C)C)cc1S(=O)(=O)N1CCOCC1. The lowest BCUT2D eigenvalue weighted by atomic mass is 10.1. The van der Waals surface area contributed by atoms with Crippen molar-refractivity contribution >= 4 is 21.9 Å². The van der Waals surface area contributed by atoms with Gasteiger partial charge in [-0.15, -0.1) is 0 Å². The van der Waals surface area contributed by atoms with Crippen LogP contribution in [0.25, 0.3) is 0 Å². The zero-order valence-electron chi connectivity index (χ0n) is 15.9. The number of rotatable bonds is 7. The Morgan fingerprint density at radius 3 is 2.56 bits per heavy atom. The molecule has 0 aliphatic carbocycles. The lowest BCUT2D eigenvalue weighted by Gasteiger charge is -2.26. The molecule has 150 valence electrons. The van der Waals surface area contributed by atoms with Crippen LogP contribution in [0.2, 0.25) is 0 Å². The van der Waals surface area contributed by atoms with Crippen LogP contribution in [0.4, 0.5) is 0 Å². The van der Waals surface area contributed by atoms with Gasteiger partial charge in [-0.2, -0.15) is 4.31 Å². The van der Waals surface area contributed by atoms with Crippen molar-refractivity contribution in [1.29, 1.82) is 0 Å². The van der Waals surface area contributed by atoms with Crippen molar-refractivity contribution in [1.82, 2.24) is 9.62 Å². The molecule has 0 saturated carbocycles. The van der Waals surface area contributed by atoms with E-state index < -0.39 is 28.5 Å². The number of sulfonamides is 1. The highest BCUT2D eigenvalue weighted by atomic mass is 32.2. The number of nitrogens with one attached hydrogen (secondary N) is 1. The molecule has 1 heterocycles. The summed E-state index contributed by atoms with van der Waals surface area (Å²) in [5, 5.41) is 2.65. The second kappa shape index (κ2) is 9.29. The number of benzene rings is 1. The molecule has 0 bridgehead atoms. The van der Waals surface area contributed by atoms with Crippen molar-refractivity contribution in [2.45, 2.75) is 25.7 Å². The number of hydrogen-bond acceptors (Lipinski definition) is 6. The standard InChI is InChI=1S/C18H26N2O6S/c1-13(2)11-19-17(21)12-26-18(22)15-5-4-14(3)16(10-15)27(23,24)20-6-8-25-9-7-20/h4-5,10,13H,6-9,11-12H2,1-3H3,(H,19,21). The molecule has 27 heavy (non-hydrogen) atoms. The van der Waals surface area contributed by atoms with E-state index in [1.165, 1.54) is 16.4 Å². The Morgan fingerprint density at radius 2 is 1.93 bits per heavy atom. The molecule has 1 aromatic rings. The van der Waals surface area contributed by atoms with Crippen LogP contribution in [0, 0.1) is 12.8 Å². The Hall–Kier alpha value is -1.97. The number of carbonyl (C=O) groups is 2. The lowest BCUT2D eigenvalue weighted by Crippen LogP contribution is -2.40. The van der Waals surface area contributed by atoms with E-state index >= 15 is 0 Å². The lowest BCUT2D eigenvalue weighted by molar-refractivity contribution is -0.124. The fourth-order valence-corrected chi connectivity index (χ4v) is 4.17. The topological polar surface area (TPSA) is 102 Å². The Kier molecular flexibility index (Phi) is 7.34. The van der Waals surface area contributed by atoms with Crippen molar-refractivity contribution in [3.05, 3.63) is 29.3 Å². The van der Waals surface area contributed by atoms with Gasteiger partial charge in [-0.05, 0) is 30.5 Å². The summed E-state index contributed by atoms with van der Waals surface area (Å²) >= 11 is 0. The zero-order chi connectivity index (χ0) is 20.0. The van der Waals surface area contributed by atoms with E-state index in [1.54, 1.807) is 13.0 Å². The second-order valence-electron chi connectivity index (χ2n) is 6.77. The van der Waals surface area contributed by atoms with E-state index in [2.05, 4.69) is 5.32 Å². The maximum atomic E-state index is 12.9. The minimum absolute atomic E-state index is 0.0584. The van der Waals surface area contributed by atoms with E-state index in [0.29, 0.717) is 25.3 Å². The molecular formula is C18H26N2O6S. The summed E-state index contributed by atoms with van der Waals surface area (Å²) in [5.74, 6) is -0.854. The van der Waals surface area contributed by atoms with E-state index in [9.17, 15) is 18.0 Å². The first-order valence-corrected chi connectivity index (χ1v) is 10.3. The molecular weight excluding hydrogens is 372 g/mol. The zero-order valence-corrected chi connectivity index (χ0v) is 16.7. The highest BCUT2D eigenvalue weighted by molar-refractivity contribution is 7.89.